The van der Waals surface area contributed by atoms with Crippen LogP contribution in [0.4, 0.5) is 0 Å². The summed E-state index contributed by atoms with van der Waals surface area (Å²) in [6.45, 7) is 6.02. The lowest BCUT2D eigenvalue weighted by Crippen LogP contribution is -2.70. The zero-order valence-electron chi connectivity index (χ0n) is 23.5. The van der Waals surface area contributed by atoms with Crippen LogP contribution in [0, 0.1) is 34.5 Å². The number of carbonyl (C=O) groups excluding carboxylic acids is 2. The molecule has 1 saturated heterocycles. The number of methoxy groups -OCH3 is 1. The zero-order chi connectivity index (χ0) is 27.9. The second-order valence-corrected chi connectivity index (χ2v) is 13.6. The molecule has 0 radical (unpaired) electrons. The number of rotatable bonds is 4. The molecule has 6 rings (SSSR count). The molecule has 0 aromatic heterocycles. The van der Waals surface area contributed by atoms with Crippen LogP contribution in [0.15, 0.2) is 11.6 Å². The molecule has 5 fully saturated rings. The number of Topliss-reactive ketones (excluding diaryl/α,β-unsaturated/α-hetero) is 1. The van der Waals surface area contributed by atoms with Gasteiger partial charge < -0.3 is 34.3 Å². The molecule has 3 N–H and O–H groups in total. The summed E-state index contributed by atoms with van der Waals surface area (Å²) < 4.78 is 22.9. The van der Waals surface area contributed by atoms with Crippen molar-refractivity contribution in [2.75, 3.05) is 13.7 Å². The molecule has 9 nitrogen and oxygen atoms in total. The number of ketones is 1. The Morgan fingerprint density at radius 3 is 2.51 bits per heavy atom. The Morgan fingerprint density at radius 1 is 1.05 bits per heavy atom. The fraction of sp³-hybridized carbons (Fsp3) is 0.867. The van der Waals surface area contributed by atoms with Crippen molar-refractivity contribution in [3.8, 4) is 0 Å². The molecule has 2 aliphatic heterocycles. The first kappa shape index (κ1) is 27.8. The van der Waals surface area contributed by atoms with Gasteiger partial charge in [-0.3, -0.25) is 4.79 Å². The minimum atomic E-state index is -1.30. The Hall–Kier alpha value is -1.36. The van der Waals surface area contributed by atoms with Crippen LogP contribution in [0.5, 0.6) is 0 Å². The number of ether oxygens (including phenoxy) is 4. The quantitative estimate of drug-likeness (QED) is 0.358. The third-order valence-corrected chi connectivity index (χ3v) is 12.1. The normalized spacial score (nSPS) is 53.5. The fourth-order valence-electron chi connectivity index (χ4n) is 9.82. The zero-order valence-corrected chi connectivity index (χ0v) is 23.5. The summed E-state index contributed by atoms with van der Waals surface area (Å²) in [5.41, 5.74) is -1.80. The molecule has 0 unspecified atom stereocenters. The third kappa shape index (κ3) is 3.94. The number of cyclic esters (lactones) is 1. The second-order valence-electron chi connectivity index (χ2n) is 13.6. The van der Waals surface area contributed by atoms with Gasteiger partial charge in [0.05, 0.1) is 23.9 Å². The van der Waals surface area contributed by atoms with E-state index in [9.17, 15) is 24.9 Å². The van der Waals surface area contributed by atoms with Crippen molar-refractivity contribution in [3.05, 3.63) is 11.6 Å². The van der Waals surface area contributed by atoms with Gasteiger partial charge in [0.15, 0.2) is 12.1 Å². The summed E-state index contributed by atoms with van der Waals surface area (Å²) in [6.07, 6.45) is 3.83. The van der Waals surface area contributed by atoms with Crippen molar-refractivity contribution in [2.24, 2.45) is 34.5 Å². The molecule has 0 aromatic carbocycles. The van der Waals surface area contributed by atoms with Crippen LogP contribution in [-0.4, -0.2) is 83.2 Å². The highest BCUT2D eigenvalue weighted by molar-refractivity contribution is 5.90. The average Bonchev–Trinajstić information content (AvgIpc) is 3.45. The number of carbonyl (C=O) groups is 2. The number of aliphatic hydroxyl groups excluding tert-OH is 2. The summed E-state index contributed by atoms with van der Waals surface area (Å²) >= 11 is 0. The van der Waals surface area contributed by atoms with Crippen LogP contribution in [0.3, 0.4) is 0 Å². The first-order valence-electron chi connectivity index (χ1n) is 14.8. The van der Waals surface area contributed by atoms with Gasteiger partial charge >= 0.3 is 5.97 Å². The largest absolute Gasteiger partial charge is 0.458 e. The Morgan fingerprint density at radius 2 is 1.82 bits per heavy atom. The van der Waals surface area contributed by atoms with Gasteiger partial charge in [-0.2, -0.15) is 0 Å². The number of fused-ring (bicyclic) bond motifs is 5. The molecule has 4 aliphatic carbocycles. The van der Waals surface area contributed by atoms with E-state index in [0.717, 1.165) is 37.7 Å². The molecule has 0 bridgehead atoms. The summed E-state index contributed by atoms with van der Waals surface area (Å²) in [5, 5.41) is 34.3. The molecular weight excluding hydrogens is 504 g/mol. The van der Waals surface area contributed by atoms with Crippen molar-refractivity contribution in [1.82, 2.24) is 0 Å². The van der Waals surface area contributed by atoms with E-state index in [4.69, 9.17) is 18.9 Å². The first-order chi connectivity index (χ1) is 18.4. The van der Waals surface area contributed by atoms with Crippen LogP contribution in [-0.2, 0) is 28.5 Å². The number of hydrogen-bond acceptors (Lipinski definition) is 9. The van der Waals surface area contributed by atoms with E-state index in [-0.39, 0.29) is 53.9 Å². The minimum Gasteiger partial charge on any atom is -0.458 e. The lowest BCUT2D eigenvalue weighted by atomic mass is 9.42. The Balaban J connectivity index is 1.21. The van der Waals surface area contributed by atoms with Gasteiger partial charge in [0.2, 0.25) is 0 Å². The van der Waals surface area contributed by atoms with Crippen LogP contribution >= 0.6 is 0 Å². The molecule has 0 aromatic rings. The van der Waals surface area contributed by atoms with E-state index >= 15 is 0 Å². The predicted octanol–water partition coefficient (Wildman–Crippen LogP) is 2.29. The van der Waals surface area contributed by atoms with Crippen LogP contribution in [0.25, 0.3) is 0 Å². The first-order valence-corrected chi connectivity index (χ1v) is 14.8. The van der Waals surface area contributed by atoms with E-state index in [1.807, 2.05) is 13.8 Å². The highest BCUT2D eigenvalue weighted by atomic mass is 16.7. The van der Waals surface area contributed by atoms with Crippen molar-refractivity contribution in [1.29, 1.82) is 0 Å². The molecule has 4 saturated carbocycles. The van der Waals surface area contributed by atoms with Crippen molar-refractivity contribution in [2.45, 2.75) is 115 Å². The lowest BCUT2D eigenvalue weighted by Gasteiger charge is -2.64. The minimum absolute atomic E-state index is 0.0238. The molecule has 0 amide bonds. The van der Waals surface area contributed by atoms with Gasteiger partial charge in [0.1, 0.15) is 18.8 Å². The Bertz CT molecular complexity index is 1040. The number of aliphatic hydroxyl groups is 3. The summed E-state index contributed by atoms with van der Waals surface area (Å²) in [6, 6.07) is 0. The monoisotopic (exact) mass is 548 g/mol. The van der Waals surface area contributed by atoms with Gasteiger partial charge in [-0.1, -0.05) is 13.8 Å². The maximum atomic E-state index is 14.1. The molecule has 6 aliphatic rings. The van der Waals surface area contributed by atoms with Gasteiger partial charge in [0.25, 0.3) is 0 Å². The van der Waals surface area contributed by atoms with E-state index in [1.54, 1.807) is 7.11 Å². The molecular formula is C30H44O9. The molecule has 2 heterocycles. The molecule has 218 valence electrons. The Labute approximate surface area is 230 Å². The van der Waals surface area contributed by atoms with Crippen molar-refractivity contribution >= 4 is 11.8 Å². The maximum absolute atomic E-state index is 14.1. The van der Waals surface area contributed by atoms with Gasteiger partial charge in [-0.15, -0.1) is 0 Å². The summed E-state index contributed by atoms with van der Waals surface area (Å²) in [7, 11) is 1.59. The van der Waals surface area contributed by atoms with Crippen molar-refractivity contribution in [3.63, 3.8) is 0 Å². The highest BCUT2D eigenvalue weighted by Gasteiger charge is 2.73. The smallest absolute Gasteiger partial charge is 0.331 e. The van der Waals surface area contributed by atoms with Crippen LogP contribution in [0.1, 0.15) is 72.1 Å². The predicted molar refractivity (Wildman–Crippen MR) is 138 cm³/mol. The van der Waals surface area contributed by atoms with Crippen LogP contribution in [0.2, 0.25) is 0 Å². The molecule has 13 atom stereocenters. The van der Waals surface area contributed by atoms with E-state index < -0.39 is 41.4 Å². The second kappa shape index (κ2) is 9.60. The average molecular weight is 549 g/mol. The Kier molecular flexibility index (Phi) is 6.84. The van der Waals surface area contributed by atoms with E-state index in [2.05, 4.69) is 6.92 Å². The van der Waals surface area contributed by atoms with Gasteiger partial charge in [-0.25, -0.2) is 4.79 Å². The fourth-order valence-corrected chi connectivity index (χ4v) is 9.82. The number of esters is 1. The standard InChI is InChI=1S/C30H44O9/c1-15-25(32)21(36-4)13-23(38-15)39-18-7-9-28(2)17(12-18)5-6-20-24(28)26(33)27(34)29(3)19(8-10-30(20,29)35)16-11-22(31)37-14-16/h11,15,17-21,23-25,27,32,34-35H,5-10,12-14H2,1-4H3/t15-,17+,18-,19+,20-,21-,23-,24+,25+,27-,28-,29-,30-/m1/s1. The van der Waals surface area contributed by atoms with Gasteiger partial charge in [-0.05, 0) is 80.6 Å². The highest BCUT2D eigenvalue weighted by Crippen LogP contribution is 2.69. The maximum Gasteiger partial charge on any atom is 0.331 e. The topological polar surface area (TPSA) is 132 Å². The molecule has 0 spiro atoms. The summed E-state index contributed by atoms with van der Waals surface area (Å²) in [5.74, 6) is -1.24. The number of hydrogen-bond donors (Lipinski definition) is 3. The lowest BCUT2D eigenvalue weighted by molar-refractivity contribution is -0.274. The SMILES string of the molecule is CO[C@@H]1C[C@@H](O[C@@H]2CC[C@]3(C)[C@@H](CC[C@@H]4[C@H]3C(=O)[C@@H](O)[C@@]3(C)[C@H](C5=CC(=O)OC5)CC[C@@]43O)C2)O[C@H](C)[C@@H]1O. The van der Waals surface area contributed by atoms with E-state index in [0.29, 0.717) is 19.3 Å². The summed E-state index contributed by atoms with van der Waals surface area (Å²) in [4.78, 5) is 25.9. The van der Waals surface area contributed by atoms with Gasteiger partial charge in [0, 0.05) is 30.9 Å². The van der Waals surface area contributed by atoms with E-state index in [1.165, 1.54) is 6.08 Å². The van der Waals surface area contributed by atoms with Crippen molar-refractivity contribution < 1.29 is 43.9 Å². The van der Waals surface area contributed by atoms with Crippen LogP contribution < -0.4 is 0 Å². The molecule has 39 heavy (non-hydrogen) atoms. The third-order valence-electron chi connectivity index (χ3n) is 12.1. The molecule has 9 heteroatoms.